The largest absolute Gasteiger partial charge is 0.494 e. The van der Waals surface area contributed by atoms with Crippen molar-refractivity contribution in [2.75, 3.05) is 7.11 Å². The predicted octanol–water partition coefficient (Wildman–Crippen LogP) is 3.57. The van der Waals surface area contributed by atoms with Gasteiger partial charge in [0.2, 0.25) is 0 Å². The minimum absolute atomic E-state index is 0.0105. The summed E-state index contributed by atoms with van der Waals surface area (Å²) in [5.41, 5.74) is -0.0188. The molecule has 0 aliphatic heterocycles. The number of amides is 1. The van der Waals surface area contributed by atoms with Crippen molar-refractivity contribution in [1.29, 1.82) is 0 Å². The zero-order chi connectivity index (χ0) is 20.2. The summed E-state index contributed by atoms with van der Waals surface area (Å²) in [6.45, 7) is 5.71. The molecule has 0 radical (unpaired) electrons. The van der Waals surface area contributed by atoms with Crippen molar-refractivity contribution in [3.63, 3.8) is 0 Å². The number of ether oxygens (including phenoxy) is 2. The Bertz CT molecular complexity index is 827. The number of benzene rings is 2. The van der Waals surface area contributed by atoms with Crippen LogP contribution in [0.5, 0.6) is 11.5 Å². The third kappa shape index (κ3) is 5.44. The maximum absolute atomic E-state index is 13.9. The van der Waals surface area contributed by atoms with Gasteiger partial charge in [0.05, 0.1) is 7.11 Å². The molecule has 0 fully saturated rings. The second-order valence-corrected chi connectivity index (χ2v) is 6.88. The van der Waals surface area contributed by atoms with Crippen molar-refractivity contribution >= 4 is 11.9 Å². The first kappa shape index (κ1) is 20.2. The number of carbonyl (C=O) groups excluding carboxylic acids is 1. The van der Waals surface area contributed by atoms with Gasteiger partial charge < -0.3 is 19.9 Å². The van der Waals surface area contributed by atoms with Crippen molar-refractivity contribution in [2.24, 2.45) is 0 Å². The lowest BCUT2D eigenvalue weighted by molar-refractivity contribution is -0.139. The molecule has 1 atom stereocenters. The third-order valence-corrected chi connectivity index (χ3v) is 3.57. The molecule has 1 unspecified atom stereocenters. The number of hydrogen-bond donors (Lipinski definition) is 2. The highest BCUT2D eigenvalue weighted by atomic mass is 19.1. The summed E-state index contributed by atoms with van der Waals surface area (Å²) in [6.07, 6.45) is 0. The number of nitrogens with one attached hydrogen (secondary N) is 1. The average molecular weight is 375 g/mol. The van der Waals surface area contributed by atoms with Gasteiger partial charge in [-0.2, -0.15) is 0 Å². The van der Waals surface area contributed by atoms with Crippen LogP contribution in [0.25, 0.3) is 0 Å². The SMILES string of the molecule is COc1ccc(C(NC(=O)c2ccc(OC(C)(C)C)cc2)C(=O)O)cc1F. The van der Waals surface area contributed by atoms with Gasteiger partial charge in [-0.15, -0.1) is 0 Å². The van der Waals surface area contributed by atoms with E-state index in [0.717, 1.165) is 6.07 Å². The topological polar surface area (TPSA) is 84.9 Å². The van der Waals surface area contributed by atoms with Gasteiger partial charge in [0.1, 0.15) is 11.4 Å². The van der Waals surface area contributed by atoms with Gasteiger partial charge in [0.25, 0.3) is 5.91 Å². The number of aliphatic carboxylic acids is 1. The quantitative estimate of drug-likeness (QED) is 0.806. The summed E-state index contributed by atoms with van der Waals surface area (Å²) < 4.78 is 24.4. The fraction of sp³-hybridized carbons (Fsp3) is 0.300. The van der Waals surface area contributed by atoms with Crippen LogP contribution in [0, 0.1) is 5.82 Å². The Morgan fingerprint density at radius 2 is 1.74 bits per heavy atom. The first-order chi connectivity index (χ1) is 12.6. The van der Waals surface area contributed by atoms with Crippen molar-refractivity contribution in [1.82, 2.24) is 5.32 Å². The van der Waals surface area contributed by atoms with E-state index in [4.69, 9.17) is 9.47 Å². The number of methoxy groups -OCH3 is 1. The van der Waals surface area contributed by atoms with E-state index in [9.17, 15) is 19.1 Å². The van der Waals surface area contributed by atoms with E-state index in [-0.39, 0.29) is 22.5 Å². The zero-order valence-corrected chi connectivity index (χ0v) is 15.6. The van der Waals surface area contributed by atoms with Gasteiger partial charge in [-0.3, -0.25) is 4.79 Å². The molecule has 2 rings (SSSR count). The predicted molar refractivity (Wildman–Crippen MR) is 97.6 cm³/mol. The van der Waals surface area contributed by atoms with Gasteiger partial charge >= 0.3 is 5.97 Å². The molecule has 2 N–H and O–H groups in total. The lowest BCUT2D eigenvalue weighted by Gasteiger charge is -2.21. The summed E-state index contributed by atoms with van der Waals surface area (Å²) in [7, 11) is 1.31. The van der Waals surface area contributed by atoms with E-state index in [1.54, 1.807) is 12.1 Å². The minimum atomic E-state index is -1.40. The molecule has 0 saturated carbocycles. The molecule has 0 aliphatic carbocycles. The summed E-state index contributed by atoms with van der Waals surface area (Å²) in [5, 5.41) is 11.8. The lowest BCUT2D eigenvalue weighted by atomic mass is 10.1. The summed E-state index contributed by atoms with van der Waals surface area (Å²) in [4.78, 5) is 24.0. The highest BCUT2D eigenvalue weighted by Crippen LogP contribution is 2.23. The molecule has 0 aromatic heterocycles. The maximum Gasteiger partial charge on any atom is 0.330 e. The standard InChI is InChI=1S/C20H22FNO5/c1-20(2,3)27-14-8-5-12(6-9-14)18(23)22-17(19(24)25)13-7-10-16(26-4)15(21)11-13/h5-11,17H,1-4H3,(H,22,23)(H,24,25). The first-order valence-electron chi connectivity index (χ1n) is 8.27. The van der Waals surface area contributed by atoms with Crippen LogP contribution < -0.4 is 14.8 Å². The molecule has 6 nitrogen and oxygen atoms in total. The Labute approximate surface area is 156 Å². The minimum Gasteiger partial charge on any atom is -0.494 e. The van der Waals surface area contributed by atoms with Gasteiger partial charge in [-0.25, -0.2) is 9.18 Å². The molecule has 0 bridgehead atoms. The third-order valence-electron chi connectivity index (χ3n) is 3.57. The van der Waals surface area contributed by atoms with Crippen LogP contribution in [0.15, 0.2) is 42.5 Å². The number of hydrogen-bond acceptors (Lipinski definition) is 4. The van der Waals surface area contributed by atoms with Crippen LogP contribution in [0.2, 0.25) is 0 Å². The second-order valence-electron chi connectivity index (χ2n) is 6.88. The normalized spacial score (nSPS) is 12.2. The Hall–Kier alpha value is -3.09. The van der Waals surface area contributed by atoms with Crippen LogP contribution in [-0.4, -0.2) is 29.7 Å². The van der Waals surface area contributed by atoms with Gasteiger partial charge in [0.15, 0.2) is 17.6 Å². The first-order valence-corrected chi connectivity index (χ1v) is 8.27. The number of halogens is 1. The van der Waals surface area contributed by atoms with Crippen molar-refractivity contribution in [3.8, 4) is 11.5 Å². The van der Waals surface area contributed by atoms with E-state index >= 15 is 0 Å². The maximum atomic E-state index is 13.9. The Balaban J connectivity index is 2.18. The molecule has 2 aromatic carbocycles. The van der Waals surface area contributed by atoms with Crippen molar-refractivity contribution < 1.29 is 28.6 Å². The molecule has 1 amide bonds. The summed E-state index contributed by atoms with van der Waals surface area (Å²) in [5.74, 6) is -2.03. The van der Waals surface area contributed by atoms with Crippen LogP contribution in [-0.2, 0) is 4.79 Å². The van der Waals surface area contributed by atoms with Crippen LogP contribution >= 0.6 is 0 Å². The molecule has 0 spiro atoms. The molecule has 2 aromatic rings. The Kier molecular flexibility index (Phi) is 6.05. The Morgan fingerprint density at radius 3 is 2.22 bits per heavy atom. The lowest BCUT2D eigenvalue weighted by Crippen LogP contribution is -2.33. The smallest absolute Gasteiger partial charge is 0.330 e. The number of carbonyl (C=O) groups is 2. The molecule has 0 heterocycles. The molecule has 0 aliphatic rings. The molecule has 7 heteroatoms. The zero-order valence-electron chi connectivity index (χ0n) is 15.6. The number of carboxylic acids is 1. The number of carboxylic acid groups (broad SMARTS) is 1. The molecular weight excluding hydrogens is 353 g/mol. The van der Waals surface area contributed by atoms with E-state index in [1.807, 2.05) is 20.8 Å². The number of rotatable bonds is 6. The van der Waals surface area contributed by atoms with Gasteiger partial charge in [0, 0.05) is 5.56 Å². The molecule has 0 saturated heterocycles. The van der Waals surface area contributed by atoms with E-state index in [1.165, 1.54) is 31.4 Å². The van der Waals surface area contributed by atoms with E-state index in [2.05, 4.69) is 5.32 Å². The Morgan fingerprint density at radius 1 is 1.11 bits per heavy atom. The molecule has 144 valence electrons. The highest BCUT2D eigenvalue weighted by molar-refractivity contribution is 5.96. The molecule has 27 heavy (non-hydrogen) atoms. The van der Waals surface area contributed by atoms with E-state index < -0.39 is 23.7 Å². The van der Waals surface area contributed by atoms with Crippen molar-refractivity contribution in [2.45, 2.75) is 32.4 Å². The fourth-order valence-corrected chi connectivity index (χ4v) is 2.39. The monoisotopic (exact) mass is 375 g/mol. The van der Waals surface area contributed by atoms with E-state index in [0.29, 0.717) is 5.75 Å². The van der Waals surface area contributed by atoms with Crippen LogP contribution in [0.3, 0.4) is 0 Å². The average Bonchev–Trinajstić information content (AvgIpc) is 2.58. The van der Waals surface area contributed by atoms with Crippen molar-refractivity contribution in [3.05, 3.63) is 59.4 Å². The summed E-state index contributed by atoms with van der Waals surface area (Å²) in [6, 6.07) is 8.65. The fourth-order valence-electron chi connectivity index (χ4n) is 2.39. The highest BCUT2D eigenvalue weighted by Gasteiger charge is 2.24. The van der Waals surface area contributed by atoms with Crippen LogP contribution in [0.1, 0.15) is 42.7 Å². The molecular formula is C20H22FNO5. The second kappa shape index (κ2) is 8.07. The van der Waals surface area contributed by atoms with Gasteiger partial charge in [-0.1, -0.05) is 6.07 Å². The van der Waals surface area contributed by atoms with Gasteiger partial charge in [-0.05, 0) is 62.7 Å². The summed E-state index contributed by atoms with van der Waals surface area (Å²) >= 11 is 0. The van der Waals surface area contributed by atoms with Crippen LogP contribution in [0.4, 0.5) is 4.39 Å².